The number of benzene rings is 1. The number of hydrogen-bond donors (Lipinski definition) is 0. The quantitative estimate of drug-likeness (QED) is 0.533. The topological polar surface area (TPSA) is 35.5 Å². The second kappa shape index (κ2) is 4.93. The molecule has 3 heteroatoms. The van der Waals surface area contributed by atoms with Gasteiger partial charge in [-0.1, -0.05) is 12.0 Å². The third-order valence-electron chi connectivity index (χ3n) is 1.66. The molecule has 0 bridgehead atoms. The van der Waals surface area contributed by atoms with Crippen LogP contribution in [0.1, 0.15) is 10.4 Å². The molecule has 0 saturated carbocycles. The minimum atomic E-state index is 0.112. The smallest absolute Gasteiger partial charge is 0.173 e. The Labute approximate surface area is 82.6 Å². The van der Waals surface area contributed by atoms with E-state index in [4.69, 9.17) is 15.9 Å². The predicted octanol–water partition coefficient (Wildman–Crippen LogP) is 1.52. The molecular formula is C11H10O3. The van der Waals surface area contributed by atoms with Crippen molar-refractivity contribution in [3.63, 3.8) is 0 Å². The lowest BCUT2D eigenvalue weighted by Gasteiger charge is -2.09. The van der Waals surface area contributed by atoms with Crippen molar-refractivity contribution in [3.8, 4) is 23.8 Å². The van der Waals surface area contributed by atoms with Gasteiger partial charge in [0.1, 0.15) is 6.61 Å². The van der Waals surface area contributed by atoms with Gasteiger partial charge in [-0.2, -0.15) is 0 Å². The molecule has 14 heavy (non-hydrogen) atoms. The Balaban J connectivity index is 3.06. The first kappa shape index (κ1) is 10.1. The Kier molecular flexibility index (Phi) is 3.57. The number of methoxy groups -OCH3 is 1. The fraction of sp³-hybridized carbons (Fsp3) is 0.182. The van der Waals surface area contributed by atoms with Crippen LogP contribution in [0.5, 0.6) is 11.5 Å². The summed E-state index contributed by atoms with van der Waals surface area (Å²) in [4.78, 5) is 10.7. The Hall–Kier alpha value is -1.95. The summed E-state index contributed by atoms with van der Waals surface area (Å²) in [5, 5.41) is 0. The first-order valence-corrected chi connectivity index (χ1v) is 4.02. The number of hydrogen-bond acceptors (Lipinski definition) is 3. The van der Waals surface area contributed by atoms with Crippen LogP contribution in [0, 0.1) is 12.3 Å². The summed E-state index contributed by atoms with van der Waals surface area (Å²) in [5.74, 6) is 3.22. The van der Waals surface area contributed by atoms with E-state index in [1.165, 1.54) is 7.11 Å². The van der Waals surface area contributed by atoms with E-state index < -0.39 is 0 Å². The van der Waals surface area contributed by atoms with Crippen molar-refractivity contribution in [1.82, 2.24) is 0 Å². The molecule has 0 aliphatic carbocycles. The zero-order valence-electron chi connectivity index (χ0n) is 7.82. The second-order valence-electron chi connectivity index (χ2n) is 2.49. The Bertz CT molecular complexity index is 363. The van der Waals surface area contributed by atoms with Crippen LogP contribution in [0.4, 0.5) is 0 Å². The van der Waals surface area contributed by atoms with Crippen molar-refractivity contribution < 1.29 is 14.3 Å². The lowest BCUT2D eigenvalue weighted by Crippen LogP contribution is -1.99. The molecule has 0 saturated heterocycles. The number of para-hydroxylation sites is 1. The van der Waals surface area contributed by atoms with Crippen LogP contribution in [-0.2, 0) is 0 Å². The third-order valence-corrected chi connectivity index (χ3v) is 1.66. The molecule has 0 N–H and O–H groups in total. The lowest BCUT2D eigenvalue weighted by atomic mass is 10.2. The van der Waals surface area contributed by atoms with E-state index in [2.05, 4.69) is 5.92 Å². The zero-order chi connectivity index (χ0) is 10.4. The zero-order valence-corrected chi connectivity index (χ0v) is 7.82. The molecule has 0 unspecified atom stereocenters. The number of rotatable bonds is 4. The fourth-order valence-corrected chi connectivity index (χ4v) is 1.05. The van der Waals surface area contributed by atoms with Crippen molar-refractivity contribution in [2.75, 3.05) is 13.7 Å². The van der Waals surface area contributed by atoms with Gasteiger partial charge in [0.15, 0.2) is 17.8 Å². The molecule has 0 heterocycles. The molecule has 0 aliphatic rings. The molecule has 0 amide bonds. The van der Waals surface area contributed by atoms with Crippen molar-refractivity contribution in [2.24, 2.45) is 0 Å². The SMILES string of the molecule is C#CCOc1c(C=O)cccc1OC. The molecule has 72 valence electrons. The number of aldehydes is 1. The molecule has 0 fully saturated rings. The number of carbonyl (C=O) groups is 1. The molecule has 1 rings (SSSR count). The van der Waals surface area contributed by atoms with E-state index in [0.717, 1.165) is 0 Å². The molecular weight excluding hydrogens is 180 g/mol. The number of terminal acetylenes is 1. The first-order chi connectivity index (χ1) is 6.83. The normalized spacial score (nSPS) is 8.86. The summed E-state index contributed by atoms with van der Waals surface area (Å²) in [6.45, 7) is 0.112. The molecule has 0 radical (unpaired) electrons. The highest BCUT2D eigenvalue weighted by atomic mass is 16.5. The van der Waals surface area contributed by atoms with Gasteiger partial charge in [-0.25, -0.2) is 0 Å². The maximum Gasteiger partial charge on any atom is 0.173 e. The molecule has 0 spiro atoms. The van der Waals surface area contributed by atoms with Gasteiger partial charge in [0.05, 0.1) is 12.7 Å². The number of ether oxygens (including phenoxy) is 2. The Morgan fingerprint density at radius 2 is 2.36 bits per heavy atom. The highest BCUT2D eigenvalue weighted by Crippen LogP contribution is 2.29. The fourth-order valence-electron chi connectivity index (χ4n) is 1.05. The van der Waals surface area contributed by atoms with Crippen LogP contribution < -0.4 is 9.47 Å². The van der Waals surface area contributed by atoms with E-state index in [-0.39, 0.29) is 6.61 Å². The maximum absolute atomic E-state index is 10.7. The Morgan fingerprint density at radius 3 is 2.93 bits per heavy atom. The molecule has 0 atom stereocenters. The van der Waals surface area contributed by atoms with Gasteiger partial charge in [-0.15, -0.1) is 6.42 Å². The van der Waals surface area contributed by atoms with Crippen LogP contribution in [-0.4, -0.2) is 20.0 Å². The minimum absolute atomic E-state index is 0.112. The van der Waals surface area contributed by atoms with Crippen LogP contribution in [0.15, 0.2) is 18.2 Å². The van der Waals surface area contributed by atoms with E-state index in [1.54, 1.807) is 18.2 Å². The maximum atomic E-state index is 10.7. The van der Waals surface area contributed by atoms with Gasteiger partial charge in [0, 0.05) is 0 Å². The summed E-state index contributed by atoms with van der Waals surface area (Å²) in [6.07, 6.45) is 5.76. The highest BCUT2D eigenvalue weighted by molar-refractivity contribution is 5.81. The molecule has 1 aromatic carbocycles. The van der Waals surface area contributed by atoms with Crippen LogP contribution in [0.25, 0.3) is 0 Å². The summed E-state index contributed by atoms with van der Waals surface area (Å²) in [5.41, 5.74) is 0.430. The van der Waals surface area contributed by atoms with Crippen molar-refractivity contribution >= 4 is 6.29 Å². The predicted molar refractivity (Wildman–Crippen MR) is 52.7 cm³/mol. The van der Waals surface area contributed by atoms with E-state index >= 15 is 0 Å². The minimum Gasteiger partial charge on any atom is -0.493 e. The molecule has 0 aliphatic heterocycles. The lowest BCUT2D eigenvalue weighted by molar-refractivity contribution is 0.111. The summed E-state index contributed by atoms with van der Waals surface area (Å²) >= 11 is 0. The first-order valence-electron chi connectivity index (χ1n) is 4.02. The summed E-state index contributed by atoms with van der Waals surface area (Å²) in [6, 6.07) is 5.06. The standard InChI is InChI=1S/C11H10O3/c1-3-7-14-11-9(8-12)5-4-6-10(11)13-2/h1,4-6,8H,7H2,2H3. The molecule has 1 aromatic rings. The molecule has 3 nitrogen and oxygen atoms in total. The largest absolute Gasteiger partial charge is 0.493 e. The average molecular weight is 190 g/mol. The van der Waals surface area contributed by atoms with Gasteiger partial charge in [-0.3, -0.25) is 4.79 Å². The van der Waals surface area contributed by atoms with Crippen molar-refractivity contribution in [1.29, 1.82) is 0 Å². The summed E-state index contributed by atoms with van der Waals surface area (Å²) in [7, 11) is 1.51. The second-order valence-corrected chi connectivity index (χ2v) is 2.49. The van der Waals surface area contributed by atoms with Gasteiger partial charge in [-0.05, 0) is 12.1 Å². The van der Waals surface area contributed by atoms with Gasteiger partial charge in [0.25, 0.3) is 0 Å². The average Bonchev–Trinajstić information content (AvgIpc) is 2.25. The van der Waals surface area contributed by atoms with E-state index in [0.29, 0.717) is 23.3 Å². The van der Waals surface area contributed by atoms with Gasteiger partial charge < -0.3 is 9.47 Å². The summed E-state index contributed by atoms with van der Waals surface area (Å²) < 4.78 is 10.2. The van der Waals surface area contributed by atoms with Crippen LogP contribution in [0.3, 0.4) is 0 Å². The van der Waals surface area contributed by atoms with Crippen LogP contribution in [0.2, 0.25) is 0 Å². The van der Waals surface area contributed by atoms with Gasteiger partial charge in [0.2, 0.25) is 0 Å². The highest BCUT2D eigenvalue weighted by Gasteiger charge is 2.08. The molecule has 0 aromatic heterocycles. The van der Waals surface area contributed by atoms with Crippen molar-refractivity contribution in [2.45, 2.75) is 0 Å². The Morgan fingerprint density at radius 1 is 1.57 bits per heavy atom. The third kappa shape index (κ3) is 2.05. The number of carbonyl (C=O) groups excluding carboxylic acids is 1. The van der Waals surface area contributed by atoms with E-state index in [9.17, 15) is 4.79 Å². The van der Waals surface area contributed by atoms with Crippen molar-refractivity contribution in [3.05, 3.63) is 23.8 Å². The van der Waals surface area contributed by atoms with Gasteiger partial charge >= 0.3 is 0 Å². The monoisotopic (exact) mass is 190 g/mol. The van der Waals surface area contributed by atoms with E-state index in [1.807, 2.05) is 0 Å². The van der Waals surface area contributed by atoms with Crippen LogP contribution >= 0.6 is 0 Å².